The maximum Gasteiger partial charge on any atom is 0.358 e. The molecular weight excluding hydrogens is 324 g/mol. The van der Waals surface area contributed by atoms with Gasteiger partial charge in [-0.2, -0.15) is 4.40 Å². The average molecular weight is 337 g/mol. The second-order valence-electron chi connectivity index (χ2n) is 5.40. The molecule has 9 nitrogen and oxygen atoms in total. The summed E-state index contributed by atoms with van der Waals surface area (Å²) in [6, 6.07) is 3.67. The minimum absolute atomic E-state index is 0.198. The predicted molar refractivity (Wildman–Crippen MR) is 86.6 cm³/mol. The molecular formula is C16H13N6O3+. The lowest BCUT2D eigenvalue weighted by molar-refractivity contribution is -0.517. The minimum Gasteiger partial charge on any atom is -0.476 e. The van der Waals surface area contributed by atoms with Gasteiger partial charge in [-0.1, -0.05) is 0 Å². The Kier molecular flexibility index (Phi) is 3.21. The summed E-state index contributed by atoms with van der Waals surface area (Å²) >= 11 is 0. The number of aromatic amines is 1. The first kappa shape index (κ1) is 14.8. The number of hydrogen-bond donors (Lipinski definition) is 3. The van der Waals surface area contributed by atoms with Crippen LogP contribution in [0.2, 0.25) is 0 Å². The number of fused-ring (bicyclic) bond motifs is 1. The monoisotopic (exact) mass is 337 g/mol. The molecule has 25 heavy (non-hydrogen) atoms. The van der Waals surface area contributed by atoms with Crippen LogP contribution in [0.15, 0.2) is 41.4 Å². The molecule has 0 saturated heterocycles. The van der Waals surface area contributed by atoms with E-state index in [4.69, 9.17) is 10.2 Å². The second-order valence-corrected chi connectivity index (χ2v) is 5.40. The van der Waals surface area contributed by atoms with Crippen LogP contribution in [0.1, 0.15) is 16.2 Å². The van der Waals surface area contributed by atoms with Crippen molar-refractivity contribution in [3.63, 3.8) is 0 Å². The van der Waals surface area contributed by atoms with Crippen molar-refractivity contribution in [2.75, 3.05) is 5.73 Å². The molecule has 124 valence electrons. The van der Waals surface area contributed by atoms with E-state index in [1.165, 1.54) is 12.5 Å². The number of carboxylic acids is 1. The number of H-pyrrole nitrogens is 1. The van der Waals surface area contributed by atoms with E-state index in [0.717, 1.165) is 11.3 Å². The molecule has 4 rings (SSSR count). The van der Waals surface area contributed by atoms with E-state index in [0.29, 0.717) is 11.3 Å². The number of aromatic carboxylic acids is 1. The summed E-state index contributed by atoms with van der Waals surface area (Å²) in [5, 5.41) is 9.31. The van der Waals surface area contributed by atoms with E-state index in [9.17, 15) is 9.90 Å². The topological polar surface area (TPSA) is 135 Å². The Morgan fingerprint density at radius 3 is 2.88 bits per heavy atom. The van der Waals surface area contributed by atoms with E-state index in [1.807, 2.05) is 35.9 Å². The standard InChI is InChI=1S/C16H12N6O3/c1-8-6-19-10-3-2-9(7-22(8)10)11-12(15-18-4-5-25-15)21-14(17)13(20-11)16(23)24/h2-7H,1H3,(H3,17,21,23,24)/p+1. The van der Waals surface area contributed by atoms with Crippen LogP contribution in [0.3, 0.4) is 0 Å². The lowest BCUT2D eigenvalue weighted by atomic mass is 10.1. The van der Waals surface area contributed by atoms with E-state index < -0.39 is 5.97 Å². The summed E-state index contributed by atoms with van der Waals surface area (Å²) in [6.45, 7) is 1.94. The van der Waals surface area contributed by atoms with E-state index in [2.05, 4.69) is 19.9 Å². The largest absolute Gasteiger partial charge is 0.476 e. The molecule has 0 saturated carbocycles. The van der Waals surface area contributed by atoms with Gasteiger partial charge in [-0.3, -0.25) is 0 Å². The van der Waals surface area contributed by atoms with Crippen LogP contribution < -0.4 is 10.1 Å². The van der Waals surface area contributed by atoms with Gasteiger partial charge in [-0.05, 0) is 6.07 Å². The van der Waals surface area contributed by atoms with Gasteiger partial charge in [0.2, 0.25) is 5.89 Å². The van der Waals surface area contributed by atoms with Gasteiger partial charge in [0.1, 0.15) is 30.0 Å². The van der Waals surface area contributed by atoms with Crippen molar-refractivity contribution in [1.29, 1.82) is 0 Å². The highest BCUT2D eigenvalue weighted by atomic mass is 16.4. The Morgan fingerprint density at radius 1 is 1.32 bits per heavy atom. The van der Waals surface area contributed by atoms with Crippen LogP contribution in [-0.4, -0.2) is 31.0 Å². The number of pyridine rings is 1. The number of aryl methyl sites for hydroxylation is 1. The Hall–Kier alpha value is -3.75. The number of rotatable bonds is 3. The fraction of sp³-hybridized carbons (Fsp3) is 0.0625. The number of nitrogens with two attached hydrogens (primary N) is 1. The number of anilines is 1. The van der Waals surface area contributed by atoms with Gasteiger partial charge in [-0.25, -0.2) is 24.7 Å². The lowest BCUT2D eigenvalue weighted by Crippen LogP contribution is -2.22. The molecule has 9 heteroatoms. The number of imidazole rings is 1. The SMILES string of the molecule is Cc1c[nH]c2ccc(-c3nc(C(=O)O)c(N)nc3-c3ncco3)c[n+]12. The molecule has 0 spiro atoms. The van der Waals surface area contributed by atoms with Gasteiger partial charge in [0.25, 0.3) is 5.65 Å². The zero-order chi connectivity index (χ0) is 17.6. The molecule has 0 aliphatic heterocycles. The second kappa shape index (κ2) is 5.41. The highest BCUT2D eigenvalue weighted by Crippen LogP contribution is 2.29. The number of aromatic nitrogens is 5. The maximum absolute atomic E-state index is 11.4. The third-order valence-electron chi connectivity index (χ3n) is 3.79. The number of carbonyl (C=O) groups is 1. The van der Waals surface area contributed by atoms with E-state index in [1.54, 1.807) is 0 Å². The van der Waals surface area contributed by atoms with Gasteiger partial charge < -0.3 is 15.3 Å². The van der Waals surface area contributed by atoms with Crippen molar-refractivity contribution >= 4 is 17.4 Å². The quantitative estimate of drug-likeness (QED) is 0.481. The molecule has 0 aliphatic rings. The van der Waals surface area contributed by atoms with Gasteiger partial charge in [0, 0.05) is 18.6 Å². The highest BCUT2D eigenvalue weighted by Gasteiger charge is 2.22. The van der Waals surface area contributed by atoms with Crippen LogP contribution in [0.5, 0.6) is 0 Å². The van der Waals surface area contributed by atoms with Crippen molar-refractivity contribution in [3.8, 4) is 22.8 Å². The molecule has 0 aromatic carbocycles. The third-order valence-corrected chi connectivity index (χ3v) is 3.79. The molecule has 4 aromatic rings. The molecule has 0 bridgehead atoms. The Morgan fingerprint density at radius 2 is 2.16 bits per heavy atom. The van der Waals surface area contributed by atoms with Crippen molar-refractivity contribution in [3.05, 3.63) is 48.4 Å². The first-order chi connectivity index (χ1) is 12.0. The third kappa shape index (κ3) is 2.38. The molecule has 0 radical (unpaired) electrons. The Labute approximate surface area is 140 Å². The number of carboxylic acid groups (broad SMARTS) is 1. The van der Waals surface area contributed by atoms with Crippen molar-refractivity contribution in [2.24, 2.45) is 0 Å². The van der Waals surface area contributed by atoms with Crippen LogP contribution in [0.25, 0.3) is 28.5 Å². The fourth-order valence-corrected chi connectivity index (χ4v) is 2.59. The van der Waals surface area contributed by atoms with E-state index >= 15 is 0 Å². The van der Waals surface area contributed by atoms with Crippen molar-refractivity contribution in [2.45, 2.75) is 6.92 Å². The number of oxazole rings is 1. The molecule has 0 fully saturated rings. The molecule has 0 amide bonds. The summed E-state index contributed by atoms with van der Waals surface area (Å²) in [5.74, 6) is -1.24. The number of nitrogen functional groups attached to an aromatic ring is 1. The highest BCUT2D eigenvalue weighted by molar-refractivity contribution is 5.92. The van der Waals surface area contributed by atoms with Gasteiger partial charge >= 0.3 is 5.97 Å². The molecule has 4 aromatic heterocycles. The molecule has 0 unspecified atom stereocenters. The number of nitrogens with zero attached hydrogens (tertiary/aromatic N) is 4. The molecule has 0 atom stereocenters. The summed E-state index contributed by atoms with van der Waals surface area (Å²) in [4.78, 5) is 27.0. The maximum atomic E-state index is 11.4. The average Bonchev–Trinajstić information content (AvgIpc) is 3.24. The van der Waals surface area contributed by atoms with Crippen LogP contribution >= 0.6 is 0 Å². The number of hydrogen-bond acceptors (Lipinski definition) is 6. The van der Waals surface area contributed by atoms with Crippen LogP contribution in [0.4, 0.5) is 5.82 Å². The fourth-order valence-electron chi connectivity index (χ4n) is 2.59. The molecule has 4 heterocycles. The van der Waals surface area contributed by atoms with Gasteiger partial charge in [0.05, 0.1) is 6.20 Å². The first-order valence-electron chi connectivity index (χ1n) is 7.35. The minimum atomic E-state index is -1.25. The van der Waals surface area contributed by atoms with Crippen LogP contribution in [-0.2, 0) is 0 Å². The van der Waals surface area contributed by atoms with Gasteiger partial charge in [-0.15, -0.1) is 0 Å². The normalized spacial score (nSPS) is 11.1. The Balaban J connectivity index is 2.01. The lowest BCUT2D eigenvalue weighted by Gasteiger charge is -2.08. The van der Waals surface area contributed by atoms with E-state index in [-0.39, 0.29) is 23.1 Å². The summed E-state index contributed by atoms with van der Waals surface area (Å²) in [5.41, 5.74) is 8.55. The smallest absolute Gasteiger partial charge is 0.358 e. The summed E-state index contributed by atoms with van der Waals surface area (Å²) in [7, 11) is 0. The first-order valence-corrected chi connectivity index (χ1v) is 7.35. The summed E-state index contributed by atoms with van der Waals surface area (Å²) in [6.07, 6.45) is 6.57. The zero-order valence-electron chi connectivity index (χ0n) is 13.1. The van der Waals surface area contributed by atoms with Crippen molar-refractivity contribution < 1.29 is 18.7 Å². The molecule has 4 N–H and O–H groups in total. The zero-order valence-corrected chi connectivity index (χ0v) is 13.1. The predicted octanol–water partition coefficient (Wildman–Crippen LogP) is 1.45. The number of nitrogens with one attached hydrogen (secondary N) is 1. The Bertz CT molecular complexity index is 1100. The summed E-state index contributed by atoms with van der Waals surface area (Å²) < 4.78 is 7.23. The van der Waals surface area contributed by atoms with Gasteiger partial charge in [0.15, 0.2) is 17.2 Å². The molecule has 0 aliphatic carbocycles. The van der Waals surface area contributed by atoms with Crippen molar-refractivity contribution in [1.82, 2.24) is 19.9 Å². The van der Waals surface area contributed by atoms with Crippen LogP contribution in [0, 0.1) is 6.92 Å².